The third-order valence-corrected chi connectivity index (χ3v) is 6.68. The number of hydrogen-bond donors (Lipinski definition) is 2. The minimum absolute atomic E-state index is 0.417. The highest BCUT2D eigenvalue weighted by molar-refractivity contribution is 7.98. The fourth-order valence-electron chi connectivity index (χ4n) is 1.81. The second-order valence-electron chi connectivity index (χ2n) is 4.85. The molecule has 21 heavy (non-hydrogen) atoms. The van der Waals surface area contributed by atoms with E-state index in [1.54, 1.807) is 6.07 Å². The predicted molar refractivity (Wildman–Crippen MR) is 93.7 cm³/mol. The minimum Gasteiger partial charge on any atom is -0.312 e. The first-order valence-electron chi connectivity index (χ1n) is 7.38. The highest BCUT2D eigenvalue weighted by Crippen LogP contribution is 2.21. The van der Waals surface area contributed by atoms with Gasteiger partial charge in [-0.05, 0) is 49.9 Å². The molecule has 0 aliphatic carbocycles. The van der Waals surface area contributed by atoms with Gasteiger partial charge in [-0.25, -0.2) is 13.1 Å². The van der Waals surface area contributed by atoms with Crippen LogP contribution >= 0.6 is 23.1 Å². The molecule has 1 aromatic heterocycles. The highest BCUT2D eigenvalue weighted by Gasteiger charge is 2.15. The van der Waals surface area contributed by atoms with Crippen molar-refractivity contribution in [3.05, 3.63) is 17.0 Å². The summed E-state index contributed by atoms with van der Waals surface area (Å²) in [6.07, 6.45) is 6.28. The average Bonchev–Trinajstić information content (AvgIpc) is 2.93. The van der Waals surface area contributed by atoms with Crippen LogP contribution in [-0.4, -0.2) is 33.5 Å². The second-order valence-corrected chi connectivity index (χ2v) is 9.00. The van der Waals surface area contributed by atoms with E-state index in [1.807, 2.05) is 17.8 Å². The van der Waals surface area contributed by atoms with Gasteiger partial charge in [0.05, 0.1) is 0 Å². The molecule has 7 heteroatoms. The topological polar surface area (TPSA) is 58.2 Å². The molecule has 0 radical (unpaired) electrons. The number of unbranched alkanes of at least 4 members (excludes halogenated alkanes) is 2. The van der Waals surface area contributed by atoms with E-state index >= 15 is 0 Å². The number of hydrogen-bond acceptors (Lipinski definition) is 5. The van der Waals surface area contributed by atoms with Crippen LogP contribution in [0.4, 0.5) is 0 Å². The summed E-state index contributed by atoms with van der Waals surface area (Å²) in [6, 6.07) is 3.59. The molecule has 1 aromatic rings. The van der Waals surface area contributed by atoms with Gasteiger partial charge in [0, 0.05) is 18.0 Å². The van der Waals surface area contributed by atoms with Crippen molar-refractivity contribution in [3.63, 3.8) is 0 Å². The Morgan fingerprint density at radius 1 is 1.19 bits per heavy atom. The molecule has 1 heterocycles. The maximum Gasteiger partial charge on any atom is 0.250 e. The number of rotatable bonds is 12. The highest BCUT2D eigenvalue weighted by atomic mass is 32.2. The molecule has 0 saturated heterocycles. The molecular formula is C14H26N2O2S3. The summed E-state index contributed by atoms with van der Waals surface area (Å²) in [6.45, 7) is 4.33. The van der Waals surface area contributed by atoms with E-state index in [-0.39, 0.29) is 0 Å². The second kappa shape index (κ2) is 10.6. The summed E-state index contributed by atoms with van der Waals surface area (Å²) < 4.78 is 27.4. The van der Waals surface area contributed by atoms with E-state index in [0.717, 1.165) is 49.4 Å². The molecule has 0 aromatic carbocycles. The van der Waals surface area contributed by atoms with Crippen molar-refractivity contribution >= 4 is 33.1 Å². The van der Waals surface area contributed by atoms with Gasteiger partial charge in [-0.1, -0.05) is 13.3 Å². The lowest BCUT2D eigenvalue weighted by Crippen LogP contribution is -2.24. The van der Waals surface area contributed by atoms with Crippen LogP contribution in [-0.2, 0) is 16.6 Å². The zero-order chi connectivity index (χ0) is 15.6. The van der Waals surface area contributed by atoms with E-state index in [2.05, 4.69) is 23.2 Å². The molecule has 122 valence electrons. The van der Waals surface area contributed by atoms with E-state index in [1.165, 1.54) is 11.3 Å². The first kappa shape index (κ1) is 19.0. The van der Waals surface area contributed by atoms with Crippen LogP contribution in [0.1, 0.15) is 37.5 Å². The largest absolute Gasteiger partial charge is 0.312 e. The summed E-state index contributed by atoms with van der Waals surface area (Å²) in [7, 11) is -3.33. The molecule has 4 nitrogen and oxygen atoms in total. The van der Waals surface area contributed by atoms with E-state index in [9.17, 15) is 8.42 Å². The zero-order valence-corrected chi connectivity index (χ0v) is 15.3. The maximum atomic E-state index is 12.1. The summed E-state index contributed by atoms with van der Waals surface area (Å²) in [5.41, 5.74) is 0. The molecule has 0 amide bonds. The smallest absolute Gasteiger partial charge is 0.250 e. The fourth-order valence-corrected chi connectivity index (χ4v) is 4.75. The molecule has 0 spiro atoms. The Morgan fingerprint density at radius 3 is 2.71 bits per heavy atom. The fraction of sp³-hybridized carbons (Fsp3) is 0.714. The van der Waals surface area contributed by atoms with Crippen LogP contribution in [0, 0.1) is 0 Å². The third-order valence-electron chi connectivity index (χ3n) is 2.95. The van der Waals surface area contributed by atoms with Crippen molar-refractivity contribution in [2.24, 2.45) is 0 Å². The van der Waals surface area contributed by atoms with Crippen molar-refractivity contribution in [1.82, 2.24) is 10.0 Å². The summed E-state index contributed by atoms with van der Waals surface area (Å²) >= 11 is 3.18. The van der Waals surface area contributed by atoms with Crippen LogP contribution in [0.3, 0.4) is 0 Å². The van der Waals surface area contributed by atoms with Gasteiger partial charge in [-0.3, -0.25) is 0 Å². The Labute approximate surface area is 137 Å². The number of thioether (sulfide) groups is 1. The molecule has 1 rings (SSSR count). The normalized spacial score (nSPS) is 11.9. The third kappa shape index (κ3) is 7.65. The monoisotopic (exact) mass is 350 g/mol. The van der Waals surface area contributed by atoms with Crippen LogP contribution in [0.25, 0.3) is 0 Å². The summed E-state index contributed by atoms with van der Waals surface area (Å²) in [4.78, 5) is 1.06. The predicted octanol–water partition coefficient (Wildman–Crippen LogP) is 3.06. The molecular weight excluding hydrogens is 324 g/mol. The van der Waals surface area contributed by atoms with Gasteiger partial charge >= 0.3 is 0 Å². The molecule has 2 N–H and O–H groups in total. The zero-order valence-electron chi connectivity index (χ0n) is 12.9. The van der Waals surface area contributed by atoms with Crippen molar-refractivity contribution in [2.45, 2.75) is 43.4 Å². The molecule has 0 fully saturated rings. The molecule has 0 aliphatic rings. The lowest BCUT2D eigenvalue weighted by atomic mass is 10.2. The Hall–Kier alpha value is -0.0800. The minimum atomic E-state index is -3.33. The van der Waals surface area contributed by atoms with Crippen LogP contribution in [0.5, 0.6) is 0 Å². The molecule has 0 bridgehead atoms. The van der Waals surface area contributed by atoms with Crippen molar-refractivity contribution in [2.75, 3.05) is 25.1 Å². The number of thiophene rings is 1. The quantitative estimate of drug-likeness (QED) is 0.569. The van der Waals surface area contributed by atoms with E-state index in [4.69, 9.17) is 0 Å². The average molecular weight is 351 g/mol. The van der Waals surface area contributed by atoms with Gasteiger partial charge in [-0.15, -0.1) is 11.3 Å². The Balaban J connectivity index is 2.36. The first-order chi connectivity index (χ1) is 10.1. The van der Waals surface area contributed by atoms with Gasteiger partial charge < -0.3 is 5.32 Å². The molecule has 0 unspecified atom stereocenters. The Bertz CT molecular complexity index is 486. The van der Waals surface area contributed by atoms with Gasteiger partial charge in [0.25, 0.3) is 0 Å². The van der Waals surface area contributed by atoms with Crippen molar-refractivity contribution < 1.29 is 8.42 Å². The van der Waals surface area contributed by atoms with Gasteiger partial charge in [0.1, 0.15) is 4.21 Å². The summed E-state index contributed by atoms with van der Waals surface area (Å²) in [5, 5.41) is 3.28. The van der Waals surface area contributed by atoms with Crippen LogP contribution in [0.2, 0.25) is 0 Å². The molecule has 0 aliphatic heterocycles. The van der Waals surface area contributed by atoms with Crippen molar-refractivity contribution in [3.8, 4) is 0 Å². The van der Waals surface area contributed by atoms with E-state index < -0.39 is 10.0 Å². The van der Waals surface area contributed by atoms with Gasteiger partial charge in [0.15, 0.2) is 0 Å². The van der Waals surface area contributed by atoms with Gasteiger partial charge in [0.2, 0.25) is 10.0 Å². The maximum absolute atomic E-state index is 12.1. The van der Waals surface area contributed by atoms with Crippen molar-refractivity contribution in [1.29, 1.82) is 0 Å². The number of nitrogens with one attached hydrogen (secondary N) is 2. The summed E-state index contributed by atoms with van der Waals surface area (Å²) in [5.74, 6) is 1.14. The van der Waals surface area contributed by atoms with Crippen LogP contribution in [0.15, 0.2) is 16.3 Å². The van der Waals surface area contributed by atoms with Crippen LogP contribution < -0.4 is 10.0 Å². The van der Waals surface area contributed by atoms with Gasteiger partial charge in [-0.2, -0.15) is 11.8 Å². The Morgan fingerprint density at radius 2 is 2.00 bits per heavy atom. The lowest BCUT2D eigenvalue weighted by Gasteiger charge is -2.04. The SMILES string of the molecule is CCCNCc1ccc(S(=O)(=O)NCCCCCSC)s1. The standard InChI is InChI=1S/C14H26N2O2S3/c1-3-9-15-12-13-7-8-14(20-13)21(17,18)16-10-5-4-6-11-19-2/h7-8,15-16H,3-6,9-12H2,1-2H3. The molecule has 0 saturated carbocycles. The first-order valence-corrected chi connectivity index (χ1v) is 11.1. The molecule has 0 atom stereocenters. The van der Waals surface area contributed by atoms with E-state index in [0.29, 0.717) is 10.8 Å². The lowest BCUT2D eigenvalue weighted by molar-refractivity contribution is 0.578. The number of sulfonamides is 1. The Kier molecular flexibility index (Phi) is 9.59.